The van der Waals surface area contributed by atoms with Crippen LogP contribution in [0.25, 0.3) is 0 Å². The molecule has 1 saturated carbocycles. The number of nitrogens with one attached hydrogen (secondary N) is 2. The van der Waals surface area contributed by atoms with Gasteiger partial charge in [-0.25, -0.2) is 9.97 Å². The van der Waals surface area contributed by atoms with Crippen molar-refractivity contribution >= 4 is 17.2 Å². The third kappa shape index (κ3) is 3.26. The predicted octanol–water partition coefficient (Wildman–Crippen LogP) is 1.53. The van der Waals surface area contributed by atoms with Crippen molar-refractivity contribution in [3.05, 3.63) is 38.5 Å². The van der Waals surface area contributed by atoms with Gasteiger partial charge in [-0.1, -0.05) is 11.3 Å². The molecule has 0 aromatic carbocycles. The Hall–Kier alpha value is -2.22. The molecule has 3 rings (SSSR count). The van der Waals surface area contributed by atoms with Crippen LogP contribution >= 0.6 is 11.3 Å². The molecule has 0 saturated heterocycles. The van der Waals surface area contributed by atoms with Crippen molar-refractivity contribution in [1.29, 1.82) is 0 Å². The van der Waals surface area contributed by atoms with E-state index in [-0.39, 0.29) is 23.4 Å². The van der Waals surface area contributed by atoms with Crippen LogP contribution in [-0.4, -0.2) is 34.0 Å². The summed E-state index contributed by atoms with van der Waals surface area (Å²) in [6.07, 6.45) is 1.58. The summed E-state index contributed by atoms with van der Waals surface area (Å²) in [5.41, 5.74) is 1.34. The van der Waals surface area contributed by atoms with E-state index in [0.717, 1.165) is 18.5 Å². The van der Waals surface area contributed by atoms with Gasteiger partial charge in [0.1, 0.15) is 10.7 Å². The Bertz CT molecular complexity index is 792. The van der Waals surface area contributed by atoms with E-state index in [4.69, 9.17) is 4.74 Å². The van der Waals surface area contributed by atoms with Crippen LogP contribution < -0.4 is 15.6 Å². The van der Waals surface area contributed by atoms with Crippen LogP contribution in [0.3, 0.4) is 0 Å². The van der Waals surface area contributed by atoms with E-state index in [9.17, 15) is 9.59 Å². The number of carbonyl (C=O) groups excluding carboxylic acids is 1. The van der Waals surface area contributed by atoms with Gasteiger partial charge in [0.15, 0.2) is 0 Å². The van der Waals surface area contributed by atoms with Crippen molar-refractivity contribution in [3.63, 3.8) is 0 Å². The fourth-order valence-corrected chi connectivity index (χ4v) is 3.49. The van der Waals surface area contributed by atoms with Crippen molar-refractivity contribution in [1.82, 2.24) is 20.3 Å². The van der Waals surface area contributed by atoms with Crippen LogP contribution in [0.15, 0.2) is 10.9 Å². The molecule has 2 N–H and O–H groups in total. The Morgan fingerprint density at radius 3 is 2.74 bits per heavy atom. The lowest BCUT2D eigenvalue weighted by Gasteiger charge is -2.35. The number of hydrogen-bond donors (Lipinski definition) is 2. The van der Waals surface area contributed by atoms with Crippen LogP contribution in [0.2, 0.25) is 0 Å². The molecule has 8 heteroatoms. The molecule has 1 fully saturated rings. The van der Waals surface area contributed by atoms with E-state index < -0.39 is 0 Å². The van der Waals surface area contributed by atoms with Gasteiger partial charge in [0.05, 0.1) is 18.5 Å². The lowest BCUT2D eigenvalue weighted by molar-refractivity contribution is 0.0911. The topological polar surface area (TPSA) is 97.0 Å². The quantitative estimate of drug-likeness (QED) is 0.884. The summed E-state index contributed by atoms with van der Waals surface area (Å²) < 4.78 is 5.06. The van der Waals surface area contributed by atoms with Crippen LogP contribution in [0.1, 0.15) is 45.6 Å². The zero-order valence-electron chi connectivity index (χ0n) is 13.2. The number of nitrogens with zero attached hydrogens (tertiary/aromatic N) is 2. The summed E-state index contributed by atoms with van der Waals surface area (Å²) in [5, 5.41) is 3.49. The highest BCUT2D eigenvalue weighted by Crippen LogP contribution is 2.36. The van der Waals surface area contributed by atoms with Crippen molar-refractivity contribution in [2.45, 2.75) is 38.6 Å². The van der Waals surface area contributed by atoms with E-state index in [1.54, 1.807) is 13.8 Å². The molecule has 2 aromatic rings. The van der Waals surface area contributed by atoms with E-state index >= 15 is 0 Å². The Kier molecular flexibility index (Phi) is 4.16. The van der Waals surface area contributed by atoms with Crippen molar-refractivity contribution < 1.29 is 9.53 Å². The number of rotatable bonds is 4. The second-order valence-corrected chi connectivity index (χ2v) is 6.65. The number of aromatic nitrogens is 3. The fraction of sp³-hybridized carbons (Fsp3) is 0.467. The second kappa shape index (κ2) is 6.11. The van der Waals surface area contributed by atoms with Gasteiger partial charge in [0, 0.05) is 18.0 Å². The Morgan fingerprint density at radius 1 is 1.39 bits per heavy atom. The van der Waals surface area contributed by atoms with Gasteiger partial charge in [-0.3, -0.25) is 9.59 Å². The molecule has 2 heterocycles. The van der Waals surface area contributed by atoms with E-state index in [1.807, 2.05) is 0 Å². The van der Waals surface area contributed by atoms with Gasteiger partial charge >= 0.3 is 0 Å². The predicted molar refractivity (Wildman–Crippen MR) is 86.2 cm³/mol. The second-order valence-electron chi connectivity index (χ2n) is 5.69. The molecule has 0 atom stereocenters. The highest BCUT2D eigenvalue weighted by Gasteiger charge is 2.33. The minimum atomic E-state index is -0.132. The molecule has 1 amide bonds. The Labute approximate surface area is 137 Å². The largest absolute Gasteiger partial charge is 0.473 e. The van der Waals surface area contributed by atoms with Crippen molar-refractivity contribution in [2.24, 2.45) is 0 Å². The van der Waals surface area contributed by atoms with Gasteiger partial charge in [-0.2, -0.15) is 0 Å². The maximum atomic E-state index is 12.3. The minimum absolute atomic E-state index is 0.0985. The summed E-state index contributed by atoms with van der Waals surface area (Å²) in [6, 6.07) is 1.63. The zero-order chi connectivity index (χ0) is 16.6. The average Bonchev–Trinajstić information content (AvgIpc) is 2.82. The normalized spacial score (nSPS) is 20.0. The first-order valence-corrected chi connectivity index (χ1v) is 8.18. The van der Waals surface area contributed by atoms with Gasteiger partial charge in [-0.05, 0) is 26.7 Å². The maximum Gasteiger partial charge on any atom is 0.273 e. The summed E-state index contributed by atoms with van der Waals surface area (Å²) in [6.45, 7) is 3.56. The third-order valence-corrected chi connectivity index (χ3v) is 5.05. The molecule has 0 unspecified atom stereocenters. The standard InChI is InChI=1S/C15H18N4O3S/c1-7-13(23-15(16-7)22-3)14(21)19-10-4-9(5-10)11-6-12(20)18-8(2)17-11/h6,9-10H,4-5H2,1-3H3,(H,19,21)(H,17,18,20). The Balaban J connectivity index is 1.60. The lowest BCUT2D eigenvalue weighted by atomic mass is 9.78. The number of methoxy groups -OCH3 is 1. The van der Waals surface area contributed by atoms with Gasteiger partial charge in [0.25, 0.3) is 16.7 Å². The first-order chi connectivity index (χ1) is 11.0. The summed E-state index contributed by atoms with van der Waals surface area (Å²) in [7, 11) is 1.53. The zero-order valence-corrected chi connectivity index (χ0v) is 14.0. The number of carbonyl (C=O) groups is 1. The molecular formula is C15H18N4O3S. The number of amides is 1. The number of aromatic amines is 1. The highest BCUT2D eigenvalue weighted by molar-refractivity contribution is 7.15. The number of H-pyrrole nitrogens is 1. The third-order valence-electron chi connectivity index (χ3n) is 3.93. The number of hydrogen-bond acceptors (Lipinski definition) is 6. The van der Waals surface area contributed by atoms with Gasteiger partial charge < -0.3 is 15.0 Å². The first kappa shape index (κ1) is 15.7. The van der Waals surface area contributed by atoms with Crippen LogP contribution in [0.4, 0.5) is 0 Å². The molecule has 1 aliphatic rings. The molecule has 0 bridgehead atoms. The van der Waals surface area contributed by atoms with Crippen molar-refractivity contribution in [2.75, 3.05) is 7.11 Å². The molecule has 0 aliphatic heterocycles. The molecule has 122 valence electrons. The van der Waals surface area contributed by atoms with Crippen LogP contribution in [0.5, 0.6) is 5.19 Å². The Morgan fingerprint density at radius 2 is 2.13 bits per heavy atom. The van der Waals surface area contributed by atoms with Gasteiger partial charge in [-0.15, -0.1) is 0 Å². The lowest BCUT2D eigenvalue weighted by Crippen LogP contribution is -2.43. The number of aryl methyl sites for hydroxylation is 2. The molecule has 23 heavy (non-hydrogen) atoms. The van der Waals surface area contributed by atoms with Crippen molar-refractivity contribution in [3.8, 4) is 5.19 Å². The average molecular weight is 334 g/mol. The maximum absolute atomic E-state index is 12.3. The molecule has 0 spiro atoms. The van der Waals surface area contributed by atoms with E-state index in [2.05, 4.69) is 20.3 Å². The first-order valence-electron chi connectivity index (χ1n) is 7.36. The molecule has 1 aliphatic carbocycles. The van der Waals surface area contributed by atoms with E-state index in [0.29, 0.717) is 21.6 Å². The smallest absolute Gasteiger partial charge is 0.273 e. The summed E-state index contributed by atoms with van der Waals surface area (Å²) >= 11 is 1.24. The van der Waals surface area contributed by atoms with Gasteiger partial charge in [0.2, 0.25) is 0 Å². The fourth-order valence-electron chi connectivity index (χ4n) is 2.71. The van der Waals surface area contributed by atoms with Crippen LogP contribution in [-0.2, 0) is 0 Å². The molecule has 2 aromatic heterocycles. The highest BCUT2D eigenvalue weighted by atomic mass is 32.1. The minimum Gasteiger partial charge on any atom is -0.473 e. The van der Waals surface area contributed by atoms with E-state index in [1.165, 1.54) is 24.5 Å². The monoisotopic (exact) mass is 334 g/mol. The molecular weight excluding hydrogens is 316 g/mol. The van der Waals surface area contributed by atoms with Crippen LogP contribution in [0, 0.1) is 13.8 Å². The number of thiazole rings is 1. The SMILES string of the molecule is COc1nc(C)c(C(=O)NC2CC(c3cc(=O)[nH]c(C)n3)C2)s1. The molecule has 7 nitrogen and oxygen atoms in total. The summed E-state index contributed by atoms with van der Waals surface area (Å²) in [4.78, 5) is 35.5. The number of ether oxygens (including phenoxy) is 1. The summed E-state index contributed by atoms with van der Waals surface area (Å²) in [5.74, 6) is 0.715. The molecule has 0 radical (unpaired) electrons.